The Morgan fingerprint density at radius 1 is 1.04 bits per heavy atom. The monoisotopic (exact) mass is 353 g/mol. The number of piperidine rings is 1. The van der Waals surface area contributed by atoms with Crippen LogP contribution in [-0.2, 0) is 4.79 Å². The highest BCUT2D eigenvalue weighted by Gasteiger charge is 2.28. The first-order chi connectivity index (χ1) is 12.5. The third-order valence-corrected chi connectivity index (χ3v) is 4.71. The maximum atomic E-state index is 12.5. The van der Waals surface area contributed by atoms with Crippen molar-refractivity contribution in [1.29, 1.82) is 0 Å². The summed E-state index contributed by atoms with van der Waals surface area (Å²) in [5, 5.41) is 11.5. The molecule has 0 spiro atoms. The molecule has 0 bridgehead atoms. The quantitative estimate of drug-likeness (QED) is 0.505. The number of amides is 1. The molecular formula is C19H19N3O4. The van der Waals surface area contributed by atoms with Gasteiger partial charge >= 0.3 is 0 Å². The van der Waals surface area contributed by atoms with Crippen LogP contribution < -0.4 is 10.6 Å². The molecule has 0 saturated carbocycles. The standard InChI is InChI=1S/C19H19N3O4/c20-19(24)14-8-10-21(11-9-14)16-7-6-15(12-17(16)22(25)26)18(23)13-4-2-1-3-5-13/h1-7,12,14H,8-11H2,(H2,20,24). The van der Waals surface area contributed by atoms with Crippen LogP contribution in [0.4, 0.5) is 11.4 Å². The van der Waals surface area contributed by atoms with Gasteiger partial charge in [0, 0.05) is 36.2 Å². The van der Waals surface area contributed by atoms with E-state index in [1.165, 1.54) is 6.07 Å². The van der Waals surface area contributed by atoms with Gasteiger partial charge in [0.05, 0.1) is 4.92 Å². The van der Waals surface area contributed by atoms with Crippen molar-refractivity contribution in [2.45, 2.75) is 12.8 Å². The molecule has 1 aliphatic heterocycles. The largest absolute Gasteiger partial charge is 0.369 e. The molecule has 2 aromatic carbocycles. The highest BCUT2D eigenvalue weighted by atomic mass is 16.6. The summed E-state index contributed by atoms with van der Waals surface area (Å²) in [4.78, 5) is 36.8. The van der Waals surface area contributed by atoms with Gasteiger partial charge in [-0.2, -0.15) is 0 Å². The Bertz CT molecular complexity index is 843. The number of nitrogens with two attached hydrogens (primary N) is 1. The average Bonchev–Trinajstić information content (AvgIpc) is 2.67. The van der Waals surface area contributed by atoms with E-state index in [2.05, 4.69) is 0 Å². The molecule has 0 aromatic heterocycles. The molecule has 7 nitrogen and oxygen atoms in total. The lowest BCUT2D eigenvalue weighted by Gasteiger charge is -2.32. The predicted molar refractivity (Wildman–Crippen MR) is 97.1 cm³/mol. The molecule has 2 aromatic rings. The normalized spacial score (nSPS) is 14.8. The summed E-state index contributed by atoms with van der Waals surface area (Å²) < 4.78 is 0. The van der Waals surface area contributed by atoms with E-state index >= 15 is 0 Å². The number of hydrogen-bond donors (Lipinski definition) is 1. The van der Waals surface area contributed by atoms with Crippen LogP contribution in [-0.4, -0.2) is 29.7 Å². The first kappa shape index (κ1) is 17.6. The van der Waals surface area contributed by atoms with E-state index in [1.807, 2.05) is 4.90 Å². The average molecular weight is 353 g/mol. The number of anilines is 1. The minimum absolute atomic E-state index is 0.107. The molecule has 0 unspecified atom stereocenters. The van der Waals surface area contributed by atoms with Crippen LogP contribution in [0.3, 0.4) is 0 Å². The zero-order valence-electron chi connectivity index (χ0n) is 14.1. The number of nitro benzene ring substituents is 1. The minimum atomic E-state index is -0.475. The number of benzene rings is 2. The number of carbonyl (C=O) groups is 2. The van der Waals surface area contributed by atoms with Crippen molar-refractivity contribution in [3.8, 4) is 0 Å². The Labute approximate surface area is 150 Å². The van der Waals surface area contributed by atoms with Gasteiger partial charge in [-0.05, 0) is 25.0 Å². The van der Waals surface area contributed by atoms with Crippen molar-refractivity contribution in [1.82, 2.24) is 0 Å². The Kier molecular flexibility index (Phi) is 4.97. The van der Waals surface area contributed by atoms with E-state index in [0.29, 0.717) is 37.2 Å². The summed E-state index contributed by atoms with van der Waals surface area (Å²) in [6, 6.07) is 13.2. The number of nitro groups is 1. The van der Waals surface area contributed by atoms with E-state index < -0.39 is 4.92 Å². The van der Waals surface area contributed by atoms with Gasteiger partial charge in [0.25, 0.3) is 5.69 Å². The van der Waals surface area contributed by atoms with Crippen LogP contribution in [0.15, 0.2) is 48.5 Å². The van der Waals surface area contributed by atoms with Crippen LogP contribution in [0.2, 0.25) is 0 Å². The molecule has 3 rings (SSSR count). The highest BCUT2D eigenvalue weighted by Crippen LogP contribution is 2.33. The Balaban J connectivity index is 1.87. The van der Waals surface area contributed by atoms with E-state index in [9.17, 15) is 19.7 Å². The Hall–Kier alpha value is -3.22. The van der Waals surface area contributed by atoms with E-state index in [1.54, 1.807) is 42.5 Å². The van der Waals surface area contributed by atoms with Crippen molar-refractivity contribution in [2.75, 3.05) is 18.0 Å². The second-order valence-electron chi connectivity index (χ2n) is 6.32. The van der Waals surface area contributed by atoms with E-state index in [-0.39, 0.29) is 28.9 Å². The first-order valence-corrected chi connectivity index (χ1v) is 8.40. The van der Waals surface area contributed by atoms with Crippen molar-refractivity contribution < 1.29 is 14.5 Å². The fourth-order valence-electron chi connectivity index (χ4n) is 3.24. The Morgan fingerprint density at radius 2 is 1.69 bits per heavy atom. The molecule has 1 heterocycles. The lowest BCUT2D eigenvalue weighted by molar-refractivity contribution is -0.384. The molecule has 1 saturated heterocycles. The van der Waals surface area contributed by atoms with Crippen molar-refractivity contribution in [3.63, 3.8) is 0 Å². The molecule has 1 amide bonds. The molecule has 1 aliphatic rings. The molecule has 134 valence electrons. The number of ketones is 1. The van der Waals surface area contributed by atoms with Gasteiger partial charge in [0.1, 0.15) is 5.69 Å². The van der Waals surface area contributed by atoms with Gasteiger partial charge in [0.2, 0.25) is 5.91 Å². The molecule has 7 heteroatoms. The number of primary amides is 1. The second kappa shape index (κ2) is 7.35. The van der Waals surface area contributed by atoms with Crippen molar-refractivity contribution in [3.05, 3.63) is 69.8 Å². The summed E-state index contributed by atoms with van der Waals surface area (Å²) in [5.41, 5.74) is 6.45. The predicted octanol–water partition coefficient (Wildman–Crippen LogP) is 2.53. The van der Waals surface area contributed by atoms with E-state index in [4.69, 9.17) is 5.73 Å². The maximum Gasteiger partial charge on any atom is 0.293 e. The summed E-state index contributed by atoms with van der Waals surface area (Å²) in [7, 11) is 0. The highest BCUT2D eigenvalue weighted by molar-refractivity contribution is 6.09. The van der Waals surface area contributed by atoms with Crippen LogP contribution in [0.5, 0.6) is 0 Å². The third kappa shape index (κ3) is 3.56. The maximum absolute atomic E-state index is 12.5. The molecule has 0 aliphatic carbocycles. The molecule has 2 N–H and O–H groups in total. The summed E-state index contributed by atoms with van der Waals surface area (Å²) in [6.45, 7) is 1.03. The SMILES string of the molecule is NC(=O)C1CCN(c2ccc(C(=O)c3ccccc3)cc2[N+](=O)[O-])CC1. The number of carbonyl (C=O) groups excluding carboxylic acids is 2. The molecule has 0 atom stereocenters. The van der Waals surface area contributed by atoms with Crippen LogP contribution in [0, 0.1) is 16.0 Å². The molecule has 26 heavy (non-hydrogen) atoms. The number of hydrogen-bond acceptors (Lipinski definition) is 5. The smallest absolute Gasteiger partial charge is 0.293 e. The van der Waals surface area contributed by atoms with Crippen LogP contribution >= 0.6 is 0 Å². The summed E-state index contributed by atoms with van der Waals surface area (Å²) in [6.07, 6.45) is 1.13. The second-order valence-corrected chi connectivity index (χ2v) is 6.32. The van der Waals surface area contributed by atoms with E-state index in [0.717, 1.165) is 0 Å². The van der Waals surface area contributed by atoms with Crippen LogP contribution in [0.1, 0.15) is 28.8 Å². The fraction of sp³-hybridized carbons (Fsp3) is 0.263. The van der Waals surface area contributed by atoms with Gasteiger partial charge in [-0.3, -0.25) is 19.7 Å². The molecule has 1 fully saturated rings. The number of nitrogens with zero attached hydrogens (tertiary/aromatic N) is 2. The van der Waals surface area contributed by atoms with Gasteiger partial charge in [-0.15, -0.1) is 0 Å². The summed E-state index contributed by atoms with van der Waals surface area (Å²) in [5.74, 6) is -0.778. The zero-order valence-corrected chi connectivity index (χ0v) is 14.1. The van der Waals surface area contributed by atoms with Gasteiger partial charge in [0.15, 0.2) is 5.78 Å². The zero-order chi connectivity index (χ0) is 18.7. The lowest BCUT2D eigenvalue weighted by Crippen LogP contribution is -2.38. The third-order valence-electron chi connectivity index (χ3n) is 4.71. The van der Waals surface area contributed by atoms with Gasteiger partial charge < -0.3 is 10.6 Å². The molecular weight excluding hydrogens is 334 g/mol. The summed E-state index contributed by atoms with van der Waals surface area (Å²) >= 11 is 0. The Morgan fingerprint density at radius 3 is 2.27 bits per heavy atom. The van der Waals surface area contributed by atoms with Gasteiger partial charge in [-0.1, -0.05) is 30.3 Å². The fourth-order valence-corrected chi connectivity index (χ4v) is 3.24. The van der Waals surface area contributed by atoms with Crippen LogP contribution in [0.25, 0.3) is 0 Å². The van der Waals surface area contributed by atoms with Crippen molar-refractivity contribution >= 4 is 23.1 Å². The minimum Gasteiger partial charge on any atom is -0.369 e. The molecule has 0 radical (unpaired) electrons. The number of rotatable bonds is 5. The lowest BCUT2D eigenvalue weighted by atomic mass is 9.95. The van der Waals surface area contributed by atoms with Gasteiger partial charge in [-0.25, -0.2) is 0 Å². The van der Waals surface area contributed by atoms with Crippen molar-refractivity contribution in [2.24, 2.45) is 11.7 Å². The first-order valence-electron chi connectivity index (χ1n) is 8.40. The topological polar surface area (TPSA) is 107 Å².